The van der Waals surface area contributed by atoms with E-state index in [4.69, 9.17) is 5.73 Å². The topological polar surface area (TPSA) is 35.2 Å². The smallest absolute Gasteiger partial charge is 0.158 e. The fraction of sp³-hybridized carbons (Fsp3) is 0.750. The number of methoxy groups -OCH3 is 1. The van der Waals surface area contributed by atoms with Crippen LogP contribution in [0.25, 0.3) is 0 Å². The van der Waals surface area contributed by atoms with Crippen LogP contribution in [-0.2, 0) is 4.74 Å². The Morgan fingerprint density at radius 1 is 1.83 bits per heavy atom. The van der Waals surface area contributed by atoms with Gasteiger partial charge in [-0.1, -0.05) is 6.92 Å². The monoisotopic (exact) mass is 88.1 g/mol. The summed E-state index contributed by atoms with van der Waals surface area (Å²) in [6.07, 6.45) is 1.39. The van der Waals surface area contributed by atoms with Gasteiger partial charge in [0.15, 0.2) is 6.23 Å². The highest BCUT2D eigenvalue weighted by atomic mass is 16.5. The summed E-state index contributed by atoms with van der Waals surface area (Å²) >= 11 is 0. The third-order valence-electron chi connectivity index (χ3n) is 0.611. The van der Waals surface area contributed by atoms with Crippen molar-refractivity contribution < 1.29 is 4.74 Å². The summed E-state index contributed by atoms with van der Waals surface area (Å²) in [6.45, 7) is 1.94. The van der Waals surface area contributed by atoms with Crippen molar-refractivity contribution in [3.63, 3.8) is 0 Å². The van der Waals surface area contributed by atoms with Crippen molar-refractivity contribution in [3.05, 3.63) is 6.23 Å². The molecule has 0 spiro atoms. The van der Waals surface area contributed by atoms with Gasteiger partial charge in [0.2, 0.25) is 0 Å². The summed E-state index contributed by atoms with van der Waals surface area (Å²) < 4.78 is 4.59. The molecule has 0 unspecified atom stereocenters. The summed E-state index contributed by atoms with van der Waals surface area (Å²) in [4.78, 5) is 0. The van der Waals surface area contributed by atoms with Crippen molar-refractivity contribution >= 4 is 0 Å². The van der Waals surface area contributed by atoms with E-state index in [9.17, 15) is 0 Å². The maximum atomic E-state index is 5.17. The van der Waals surface area contributed by atoms with E-state index in [2.05, 4.69) is 4.74 Å². The highest BCUT2D eigenvalue weighted by molar-refractivity contribution is 4.62. The molecule has 0 amide bonds. The van der Waals surface area contributed by atoms with E-state index >= 15 is 0 Å². The summed E-state index contributed by atoms with van der Waals surface area (Å²) in [5.74, 6) is 0. The molecule has 0 rings (SSSR count). The number of rotatable bonds is 2. The third kappa shape index (κ3) is 2.18. The molecule has 6 heavy (non-hydrogen) atoms. The number of ether oxygens (including phenoxy) is 1. The Balaban J connectivity index is 2.75. The van der Waals surface area contributed by atoms with Gasteiger partial charge in [0, 0.05) is 7.11 Å². The van der Waals surface area contributed by atoms with Crippen molar-refractivity contribution in [3.8, 4) is 0 Å². The van der Waals surface area contributed by atoms with Crippen molar-refractivity contribution in [2.45, 2.75) is 13.3 Å². The maximum Gasteiger partial charge on any atom is 0.158 e. The molecule has 0 heterocycles. The molecule has 0 aliphatic carbocycles. The summed E-state index contributed by atoms with van der Waals surface area (Å²) in [5, 5.41) is 0. The maximum absolute atomic E-state index is 5.17. The first-order valence-electron chi connectivity index (χ1n) is 1.96. The van der Waals surface area contributed by atoms with Crippen molar-refractivity contribution in [1.82, 2.24) is 0 Å². The predicted octanol–water partition coefficient (Wildman–Crippen LogP) is 0.491. The molecule has 0 saturated carbocycles. The molecule has 0 fully saturated rings. The first-order chi connectivity index (χ1) is 2.81. The normalized spacial score (nSPS) is 10.0. The predicted molar refractivity (Wildman–Crippen MR) is 24.7 cm³/mol. The first-order valence-corrected chi connectivity index (χ1v) is 1.96. The third-order valence-corrected chi connectivity index (χ3v) is 0.611. The van der Waals surface area contributed by atoms with Gasteiger partial charge in [-0.3, -0.25) is 5.73 Å². The van der Waals surface area contributed by atoms with Gasteiger partial charge in [0.05, 0.1) is 0 Å². The minimum absolute atomic E-state index is 0.593. The molecule has 37 valence electrons. The van der Waals surface area contributed by atoms with Gasteiger partial charge < -0.3 is 4.74 Å². The van der Waals surface area contributed by atoms with E-state index in [0.29, 0.717) is 6.23 Å². The van der Waals surface area contributed by atoms with Crippen molar-refractivity contribution in [2.24, 2.45) is 5.73 Å². The van der Waals surface area contributed by atoms with Gasteiger partial charge >= 0.3 is 0 Å². The van der Waals surface area contributed by atoms with Crippen LogP contribution in [0.5, 0.6) is 0 Å². The van der Waals surface area contributed by atoms with Crippen LogP contribution in [0.4, 0.5) is 0 Å². The zero-order valence-corrected chi connectivity index (χ0v) is 4.19. The molecule has 0 aliphatic heterocycles. The van der Waals surface area contributed by atoms with E-state index in [1.807, 2.05) is 6.92 Å². The van der Waals surface area contributed by atoms with E-state index in [1.165, 1.54) is 0 Å². The molecule has 0 atom stereocenters. The minimum Gasteiger partial charge on any atom is -0.360 e. The Bertz CT molecular complexity index is 26.7. The first kappa shape index (κ1) is 5.92. The van der Waals surface area contributed by atoms with Crippen LogP contribution in [-0.4, -0.2) is 7.11 Å². The quantitative estimate of drug-likeness (QED) is 0.533. The van der Waals surface area contributed by atoms with Crippen molar-refractivity contribution in [2.75, 3.05) is 7.11 Å². The fourth-order valence-corrected chi connectivity index (χ4v) is 0.144. The average molecular weight is 88.1 g/mol. The molecular weight excluding hydrogens is 78.0 g/mol. The van der Waals surface area contributed by atoms with E-state index in [0.717, 1.165) is 6.42 Å². The Kier molecular flexibility index (Phi) is 3.08. The largest absolute Gasteiger partial charge is 0.360 e. The lowest BCUT2D eigenvalue weighted by Crippen LogP contribution is -2.09. The Morgan fingerprint density at radius 3 is 2.33 bits per heavy atom. The van der Waals surface area contributed by atoms with E-state index in [-0.39, 0.29) is 0 Å². The van der Waals surface area contributed by atoms with Gasteiger partial charge in [0.25, 0.3) is 0 Å². The second kappa shape index (κ2) is 3.12. The fourth-order valence-electron chi connectivity index (χ4n) is 0.144. The molecule has 0 aromatic rings. The van der Waals surface area contributed by atoms with Crippen LogP contribution >= 0.6 is 0 Å². The lowest BCUT2D eigenvalue weighted by atomic mass is 10.4. The second-order valence-electron chi connectivity index (χ2n) is 1.02. The van der Waals surface area contributed by atoms with Gasteiger partial charge in [-0.05, 0) is 6.42 Å². The number of hydrogen-bond donors (Lipinski definition) is 1. The summed E-state index contributed by atoms with van der Waals surface area (Å²) in [6, 6.07) is 0. The molecule has 1 radical (unpaired) electrons. The average Bonchev–Trinajstić information content (AvgIpc) is 1.65. The Hall–Kier alpha value is -0.0800. The molecule has 0 aromatic carbocycles. The lowest BCUT2D eigenvalue weighted by molar-refractivity contribution is 0.200. The zero-order valence-electron chi connectivity index (χ0n) is 4.19. The van der Waals surface area contributed by atoms with Gasteiger partial charge in [0.1, 0.15) is 0 Å². The van der Waals surface area contributed by atoms with Gasteiger partial charge in [-0.25, -0.2) is 0 Å². The number of nitrogens with two attached hydrogens (primary N) is 1. The highest BCUT2D eigenvalue weighted by Gasteiger charge is 1.91. The Labute approximate surface area is 38.3 Å². The summed E-state index contributed by atoms with van der Waals surface area (Å²) in [7, 11) is 1.57. The summed E-state index contributed by atoms with van der Waals surface area (Å²) in [5.41, 5.74) is 5.17. The molecule has 0 aromatic heterocycles. The van der Waals surface area contributed by atoms with Crippen molar-refractivity contribution in [1.29, 1.82) is 0 Å². The Morgan fingerprint density at radius 2 is 2.33 bits per heavy atom. The lowest BCUT2D eigenvalue weighted by Gasteiger charge is -1.99. The van der Waals surface area contributed by atoms with Crippen LogP contribution in [0.3, 0.4) is 0 Å². The van der Waals surface area contributed by atoms with Crippen LogP contribution in [0, 0.1) is 6.23 Å². The van der Waals surface area contributed by atoms with E-state index in [1.54, 1.807) is 7.11 Å². The molecule has 0 aliphatic rings. The van der Waals surface area contributed by atoms with E-state index < -0.39 is 0 Å². The molecular formula is C4H10NO. The second-order valence-corrected chi connectivity index (χ2v) is 1.02. The minimum atomic E-state index is 0.593. The SMILES string of the molecule is CC[C](N)OC. The zero-order chi connectivity index (χ0) is 4.99. The van der Waals surface area contributed by atoms with Crippen LogP contribution in [0.1, 0.15) is 13.3 Å². The van der Waals surface area contributed by atoms with Gasteiger partial charge in [-0.2, -0.15) is 0 Å². The standard InChI is InChI=1S/C4H10NO/c1-3-4(5)6-2/h3,5H2,1-2H3. The van der Waals surface area contributed by atoms with Crippen LogP contribution in [0.15, 0.2) is 0 Å². The van der Waals surface area contributed by atoms with Gasteiger partial charge in [-0.15, -0.1) is 0 Å². The molecule has 0 bridgehead atoms. The number of hydrogen-bond acceptors (Lipinski definition) is 2. The molecule has 2 nitrogen and oxygen atoms in total. The molecule has 2 N–H and O–H groups in total. The van der Waals surface area contributed by atoms with Crippen LogP contribution in [0.2, 0.25) is 0 Å². The molecule has 0 saturated heterocycles. The highest BCUT2D eigenvalue weighted by Crippen LogP contribution is 1.92. The van der Waals surface area contributed by atoms with Crippen LogP contribution < -0.4 is 5.73 Å². The molecule has 2 heteroatoms.